The standard InChI is InChI=1S/C14H6Cl2F2N2/c15-8-4-1-3-7(12(8)18)14-19-10-6-2-5-9(17)11(10)13(16)20-14/h1-6H. The predicted octanol–water partition coefficient (Wildman–Crippen LogP) is 4.88. The van der Waals surface area contributed by atoms with Crippen molar-refractivity contribution in [3.05, 3.63) is 58.2 Å². The van der Waals surface area contributed by atoms with Gasteiger partial charge in [-0.2, -0.15) is 0 Å². The van der Waals surface area contributed by atoms with Gasteiger partial charge in [-0.05, 0) is 24.3 Å². The zero-order chi connectivity index (χ0) is 14.3. The molecule has 2 nitrogen and oxygen atoms in total. The SMILES string of the molecule is Fc1c(Cl)cccc1-c1nc(Cl)c2c(F)cccc2n1. The van der Waals surface area contributed by atoms with E-state index in [-0.39, 0.29) is 26.9 Å². The van der Waals surface area contributed by atoms with Crippen LogP contribution in [0.5, 0.6) is 0 Å². The minimum absolute atomic E-state index is 0.0402. The lowest BCUT2D eigenvalue weighted by Gasteiger charge is -2.06. The number of hydrogen-bond acceptors (Lipinski definition) is 2. The molecule has 20 heavy (non-hydrogen) atoms. The summed E-state index contributed by atoms with van der Waals surface area (Å²) in [6.07, 6.45) is 0. The van der Waals surface area contributed by atoms with E-state index in [0.717, 1.165) is 0 Å². The Morgan fingerprint density at radius 1 is 0.900 bits per heavy atom. The Kier molecular flexibility index (Phi) is 3.28. The molecule has 1 aromatic heterocycles. The molecule has 0 unspecified atom stereocenters. The van der Waals surface area contributed by atoms with E-state index in [1.165, 1.54) is 24.3 Å². The van der Waals surface area contributed by atoms with Gasteiger partial charge in [-0.1, -0.05) is 35.3 Å². The number of halogens is 4. The highest BCUT2D eigenvalue weighted by Crippen LogP contribution is 2.29. The lowest BCUT2D eigenvalue weighted by Crippen LogP contribution is -1.96. The maximum atomic E-state index is 14.0. The Balaban J connectivity index is 2.31. The lowest BCUT2D eigenvalue weighted by atomic mass is 10.2. The van der Waals surface area contributed by atoms with Gasteiger partial charge in [0, 0.05) is 0 Å². The van der Waals surface area contributed by atoms with Crippen LogP contribution in [0.1, 0.15) is 0 Å². The maximum Gasteiger partial charge on any atom is 0.164 e. The average Bonchev–Trinajstić information content (AvgIpc) is 2.41. The van der Waals surface area contributed by atoms with Crippen LogP contribution in [0.15, 0.2) is 36.4 Å². The van der Waals surface area contributed by atoms with Gasteiger partial charge in [0.2, 0.25) is 0 Å². The van der Waals surface area contributed by atoms with Crippen molar-refractivity contribution in [2.75, 3.05) is 0 Å². The highest BCUT2D eigenvalue weighted by molar-refractivity contribution is 6.34. The Morgan fingerprint density at radius 2 is 1.65 bits per heavy atom. The first-order chi connectivity index (χ1) is 9.58. The summed E-state index contributed by atoms with van der Waals surface area (Å²) in [5, 5.41) is 0.00406. The van der Waals surface area contributed by atoms with E-state index in [1.807, 2.05) is 0 Å². The third-order valence-corrected chi connectivity index (χ3v) is 3.39. The molecular weight excluding hydrogens is 305 g/mol. The van der Waals surface area contributed by atoms with Crippen molar-refractivity contribution in [3.63, 3.8) is 0 Å². The highest BCUT2D eigenvalue weighted by atomic mass is 35.5. The van der Waals surface area contributed by atoms with Gasteiger partial charge < -0.3 is 0 Å². The Labute approximate surface area is 123 Å². The third-order valence-electron chi connectivity index (χ3n) is 2.82. The van der Waals surface area contributed by atoms with Crippen LogP contribution in [0, 0.1) is 11.6 Å². The fourth-order valence-electron chi connectivity index (χ4n) is 1.90. The summed E-state index contributed by atoms with van der Waals surface area (Å²) in [5.41, 5.74) is 0.421. The molecule has 100 valence electrons. The van der Waals surface area contributed by atoms with E-state index < -0.39 is 11.6 Å². The number of aromatic nitrogens is 2. The van der Waals surface area contributed by atoms with Crippen LogP contribution in [0.4, 0.5) is 8.78 Å². The molecular formula is C14H6Cl2F2N2. The average molecular weight is 311 g/mol. The van der Waals surface area contributed by atoms with Crippen molar-refractivity contribution in [2.24, 2.45) is 0 Å². The molecule has 0 saturated heterocycles. The quantitative estimate of drug-likeness (QED) is 0.598. The van der Waals surface area contributed by atoms with Gasteiger partial charge >= 0.3 is 0 Å². The first kappa shape index (κ1) is 13.2. The second kappa shape index (κ2) is 4.96. The van der Waals surface area contributed by atoms with Crippen LogP contribution in [0.25, 0.3) is 22.3 Å². The molecule has 0 bridgehead atoms. The summed E-state index contributed by atoms with van der Waals surface area (Å²) >= 11 is 11.7. The van der Waals surface area contributed by atoms with Gasteiger partial charge in [-0.3, -0.25) is 0 Å². The van der Waals surface area contributed by atoms with E-state index in [0.29, 0.717) is 5.52 Å². The van der Waals surface area contributed by atoms with Gasteiger partial charge in [0.25, 0.3) is 0 Å². The molecule has 2 aromatic carbocycles. The van der Waals surface area contributed by atoms with Crippen LogP contribution < -0.4 is 0 Å². The summed E-state index contributed by atoms with van der Waals surface area (Å²) in [6, 6.07) is 8.82. The molecule has 0 N–H and O–H groups in total. The largest absolute Gasteiger partial charge is 0.228 e. The predicted molar refractivity (Wildman–Crippen MR) is 74.9 cm³/mol. The summed E-state index contributed by atoms with van der Waals surface area (Å²) in [6.45, 7) is 0. The Hall–Kier alpha value is -1.78. The van der Waals surface area contributed by atoms with Crippen molar-refractivity contribution < 1.29 is 8.78 Å². The summed E-state index contributed by atoms with van der Waals surface area (Å²) in [5.74, 6) is -1.10. The number of hydrogen-bond donors (Lipinski definition) is 0. The van der Waals surface area contributed by atoms with Crippen LogP contribution in [-0.4, -0.2) is 9.97 Å². The first-order valence-corrected chi connectivity index (χ1v) is 6.39. The normalized spacial score (nSPS) is 11.0. The topological polar surface area (TPSA) is 25.8 Å². The molecule has 0 spiro atoms. The molecule has 0 fully saturated rings. The summed E-state index contributed by atoms with van der Waals surface area (Å²) in [4.78, 5) is 8.08. The van der Waals surface area contributed by atoms with Crippen molar-refractivity contribution in [3.8, 4) is 11.4 Å². The van der Waals surface area contributed by atoms with Crippen LogP contribution >= 0.6 is 23.2 Å². The van der Waals surface area contributed by atoms with Crippen molar-refractivity contribution >= 4 is 34.1 Å². The van der Waals surface area contributed by atoms with Crippen molar-refractivity contribution in [1.82, 2.24) is 9.97 Å². The second-order valence-corrected chi connectivity index (χ2v) is 4.84. The molecule has 1 heterocycles. The van der Waals surface area contributed by atoms with Gasteiger partial charge in [0.15, 0.2) is 11.6 Å². The van der Waals surface area contributed by atoms with Crippen LogP contribution in [0.3, 0.4) is 0 Å². The minimum atomic E-state index is -0.638. The zero-order valence-corrected chi connectivity index (χ0v) is 11.4. The maximum absolute atomic E-state index is 14.0. The monoisotopic (exact) mass is 310 g/mol. The molecule has 0 amide bonds. The summed E-state index contributed by atoms with van der Waals surface area (Å²) < 4.78 is 27.6. The zero-order valence-electron chi connectivity index (χ0n) is 9.87. The summed E-state index contributed by atoms with van der Waals surface area (Å²) in [7, 11) is 0. The number of nitrogens with zero attached hydrogens (tertiary/aromatic N) is 2. The number of rotatable bonds is 1. The van der Waals surface area contributed by atoms with Gasteiger partial charge in [0.1, 0.15) is 11.0 Å². The third kappa shape index (κ3) is 2.11. The van der Waals surface area contributed by atoms with Gasteiger partial charge in [-0.25, -0.2) is 18.7 Å². The van der Waals surface area contributed by atoms with E-state index in [1.54, 1.807) is 12.1 Å². The molecule has 3 rings (SSSR count). The molecule has 0 aliphatic rings. The first-order valence-electron chi connectivity index (χ1n) is 5.64. The molecule has 3 aromatic rings. The number of benzene rings is 2. The molecule has 0 aliphatic carbocycles. The minimum Gasteiger partial charge on any atom is -0.228 e. The van der Waals surface area contributed by atoms with E-state index in [9.17, 15) is 8.78 Å². The molecule has 0 radical (unpaired) electrons. The van der Waals surface area contributed by atoms with E-state index in [2.05, 4.69) is 9.97 Å². The fraction of sp³-hybridized carbons (Fsp3) is 0. The van der Waals surface area contributed by atoms with Gasteiger partial charge in [0.05, 0.1) is 21.5 Å². The van der Waals surface area contributed by atoms with E-state index >= 15 is 0 Å². The molecule has 6 heteroatoms. The lowest BCUT2D eigenvalue weighted by molar-refractivity contribution is 0.630. The fourth-order valence-corrected chi connectivity index (χ4v) is 2.34. The smallest absolute Gasteiger partial charge is 0.164 e. The molecule has 0 saturated carbocycles. The second-order valence-electron chi connectivity index (χ2n) is 4.07. The highest BCUT2D eigenvalue weighted by Gasteiger charge is 2.15. The number of fused-ring (bicyclic) bond motifs is 1. The van der Waals surface area contributed by atoms with Crippen LogP contribution in [0.2, 0.25) is 10.2 Å². The van der Waals surface area contributed by atoms with Crippen molar-refractivity contribution in [1.29, 1.82) is 0 Å². The van der Waals surface area contributed by atoms with E-state index in [4.69, 9.17) is 23.2 Å². The van der Waals surface area contributed by atoms with Crippen LogP contribution in [-0.2, 0) is 0 Å². The molecule has 0 atom stereocenters. The van der Waals surface area contributed by atoms with Crippen molar-refractivity contribution in [2.45, 2.75) is 0 Å². The van der Waals surface area contributed by atoms with Gasteiger partial charge in [-0.15, -0.1) is 0 Å². The molecule has 0 aliphatic heterocycles. The Bertz CT molecular complexity index is 822. The Morgan fingerprint density at radius 3 is 2.45 bits per heavy atom.